The second kappa shape index (κ2) is 4.52. The van der Waals surface area contributed by atoms with E-state index in [-0.39, 0.29) is 0 Å². The Hall–Kier alpha value is 0.0500. The minimum Gasteiger partial charge on any atom is -0.126 e. The van der Waals surface area contributed by atoms with E-state index in [4.69, 9.17) is 0 Å². The Bertz CT molecular complexity index is 258. The van der Waals surface area contributed by atoms with Gasteiger partial charge >= 0.3 is 0 Å². The molecular formula is C11H15BrS. The zero-order valence-corrected chi connectivity index (χ0v) is 10.7. The number of thioether (sulfide) groups is 1. The van der Waals surface area contributed by atoms with Gasteiger partial charge in [-0.25, -0.2) is 0 Å². The average molecular weight is 259 g/mol. The molecule has 72 valence electrons. The molecule has 0 atom stereocenters. The van der Waals surface area contributed by atoms with Crippen LogP contribution in [0.25, 0.3) is 0 Å². The third kappa shape index (κ3) is 4.72. The van der Waals surface area contributed by atoms with Crippen LogP contribution in [0.15, 0.2) is 33.6 Å². The molecule has 2 heteroatoms. The molecular weight excluding hydrogens is 244 g/mol. The summed E-state index contributed by atoms with van der Waals surface area (Å²) < 4.78 is 1.15. The number of hydrogen-bond donors (Lipinski definition) is 0. The molecule has 0 N–H and O–H groups in total. The van der Waals surface area contributed by atoms with Gasteiger partial charge in [-0.1, -0.05) is 36.7 Å². The minimum atomic E-state index is 0.401. The highest BCUT2D eigenvalue weighted by atomic mass is 79.9. The Morgan fingerprint density at radius 3 is 2.15 bits per heavy atom. The molecule has 0 heterocycles. The van der Waals surface area contributed by atoms with Gasteiger partial charge in [0.05, 0.1) is 0 Å². The molecule has 0 aliphatic carbocycles. The molecule has 0 aliphatic rings. The summed E-state index contributed by atoms with van der Waals surface area (Å²) in [6.07, 6.45) is 0. The number of rotatable bonds is 2. The van der Waals surface area contributed by atoms with E-state index in [0.717, 1.165) is 10.2 Å². The van der Waals surface area contributed by atoms with Crippen LogP contribution >= 0.6 is 27.7 Å². The normalized spacial score (nSPS) is 11.7. The van der Waals surface area contributed by atoms with E-state index in [1.165, 1.54) is 4.90 Å². The number of hydrogen-bond acceptors (Lipinski definition) is 1. The first kappa shape index (κ1) is 11.1. The highest BCUT2D eigenvalue weighted by Gasteiger charge is 2.10. The zero-order valence-electron chi connectivity index (χ0n) is 8.30. The lowest BCUT2D eigenvalue weighted by Gasteiger charge is -2.17. The Labute approximate surface area is 93.2 Å². The van der Waals surface area contributed by atoms with Gasteiger partial charge in [0.1, 0.15) is 0 Å². The van der Waals surface area contributed by atoms with Crippen molar-refractivity contribution < 1.29 is 0 Å². The first-order valence-corrected chi connectivity index (χ1v) is 6.14. The van der Waals surface area contributed by atoms with Crippen LogP contribution < -0.4 is 0 Å². The quantitative estimate of drug-likeness (QED) is 0.700. The fourth-order valence-electron chi connectivity index (χ4n) is 0.831. The van der Waals surface area contributed by atoms with Crippen molar-refractivity contribution in [2.24, 2.45) is 5.41 Å². The molecule has 0 fully saturated rings. The Morgan fingerprint density at radius 2 is 1.69 bits per heavy atom. The molecule has 0 unspecified atom stereocenters. The van der Waals surface area contributed by atoms with Gasteiger partial charge in [-0.2, -0.15) is 0 Å². The lowest BCUT2D eigenvalue weighted by atomic mass is 10.0. The Morgan fingerprint density at radius 1 is 1.15 bits per heavy atom. The van der Waals surface area contributed by atoms with Crippen molar-refractivity contribution in [1.82, 2.24) is 0 Å². The van der Waals surface area contributed by atoms with E-state index < -0.39 is 0 Å². The molecule has 1 rings (SSSR count). The summed E-state index contributed by atoms with van der Waals surface area (Å²) in [4.78, 5) is 1.35. The van der Waals surface area contributed by atoms with Crippen LogP contribution in [0.2, 0.25) is 0 Å². The Kier molecular flexibility index (Phi) is 3.87. The molecule has 13 heavy (non-hydrogen) atoms. The predicted molar refractivity (Wildman–Crippen MR) is 64.3 cm³/mol. The van der Waals surface area contributed by atoms with Crippen molar-refractivity contribution in [1.29, 1.82) is 0 Å². The van der Waals surface area contributed by atoms with E-state index in [2.05, 4.69) is 61.0 Å². The third-order valence-corrected chi connectivity index (χ3v) is 3.63. The smallest absolute Gasteiger partial charge is 0.0176 e. The summed E-state index contributed by atoms with van der Waals surface area (Å²) in [5.41, 5.74) is 0.401. The van der Waals surface area contributed by atoms with E-state index in [1.54, 1.807) is 0 Å². The van der Waals surface area contributed by atoms with Gasteiger partial charge in [0.2, 0.25) is 0 Å². The van der Waals surface area contributed by atoms with Crippen LogP contribution in [0.1, 0.15) is 20.8 Å². The Balaban J connectivity index is 2.51. The highest BCUT2D eigenvalue weighted by molar-refractivity contribution is 9.10. The van der Waals surface area contributed by atoms with Crippen molar-refractivity contribution >= 4 is 27.7 Å². The summed E-state index contributed by atoms with van der Waals surface area (Å²) in [6.45, 7) is 6.79. The van der Waals surface area contributed by atoms with Crippen LogP contribution in [-0.2, 0) is 0 Å². The molecule has 0 radical (unpaired) electrons. The summed E-state index contributed by atoms with van der Waals surface area (Å²) in [7, 11) is 0. The molecule has 1 aromatic rings. The summed E-state index contributed by atoms with van der Waals surface area (Å²) in [5.74, 6) is 1.16. The van der Waals surface area contributed by atoms with Crippen LogP contribution in [0.4, 0.5) is 0 Å². The highest BCUT2D eigenvalue weighted by Crippen LogP contribution is 2.27. The second-order valence-electron chi connectivity index (χ2n) is 4.30. The van der Waals surface area contributed by atoms with Crippen molar-refractivity contribution in [3.05, 3.63) is 28.7 Å². The van der Waals surface area contributed by atoms with Gasteiger partial charge in [-0.05, 0) is 29.7 Å². The monoisotopic (exact) mass is 258 g/mol. The van der Waals surface area contributed by atoms with Gasteiger partial charge in [0, 0.05) is 15.1 Å². The van der Waals surface area contributed by atoms with Gasteiger partial charge in [0.25, 0.3) is 0 Å². The van der Waals surface area contributed by atoms with Crippen LogP contribution in [0.5, 0.6) is 0 Å². The van der Waals surface area contributed by atoms with Crippen LogP contribution in [0, 0.1) is 5.41 Å². The van der Waals surface area contributed by atoms with Crippen LogP contribution in [0.3, 0.4) is 0 Å². The van der Waals surface area contributed by atoms with Crippen LogP contribution in [-0.4, -0.2) is 5.75 Å². The van der Waals surface area contributed by atoms with Crippen molar-refractivity contribution in [3.63, 3.8) is 0 Å². The lowest BCUT2D eigenvalue weighted by Crippen LogP contribution is -2.07. The molecule has 0 bridgehead atoms. The lowest BCUT2D eigenvalue weighted by molar-refractivity contribution is 0.481. The average Bonchev–Trinajstić information content (AvgIpc) is 2.02. The van der Waals surface area contributed by atoms with Gasteiger partial charge < -0.3 is 0 Å². The molecule has 0 spiro atoms. The van der Waals surface area contributed by atoms with E-state index in [0.29, 0.717) is 5.41 Å². The van der Waals surface area contributed by atoms with Crippen molar-refractivity contribution in [3.8, 4) is 0 Å². The predicted octanol–water partition coefficient (Wildman–Crippen LogP) is 4.59. The molecule has 0 aliphatic heterocycles. The summed E-state index contributed by atoms with van der Waals surface area (Å²) >= 11 is 5.34. The van der Waals surface area contributed by atoms with E-state index in [9.17, 15) is 0 Å². The summed E-state index contributed by atoms with van der Waals surface area (Å²) in [5, 5.41) is 0. The van der Waals surface area contributed by atoms with Gasteiger partial charge in [-0.15, -0.1) is 11.8 Å². The molecule has 0 amide bonds. The minimum absolute atomic E-state index is 0.401. The maximum atomic E-state index is 3.43. The molecule has 0 saturated heterocycles. The molecule has 0 aromatic heterocycles. The van der Waals surface area contributed by atoms with E-state index >= 15 is 0 Å². The third-order valence-electron chi connectivity index (χ3n) is 1.49. The van der Waals surface area contributed by atoms with Crippen molar-refractivity contribution in [2.75, 3.05) is 5.75 Å². The van der Waals surface area contributed by atoms with Crippen molar-refractivity contribution in [2.45, 2.75) is 25.7 Å². The fourth-order valence-corrected chi connectivity index (χ4v) is 2.02. The van der Waals surface area contributed by atoms with E-state index in [1.807, 2.05) is 11.8 Å². The zero-order chi connectivity index (χ0) is 9.90. The topological polar surface area (TPSA) is 0 Å². The second-order valence-corrected chi connectivity index (χ2v) is 6.27. The maximum Gasteiger partial charge on any atom is 0.0176 e. The number of halogens is 1. The standard InChI is InChI=1S/C11H15BrS/c1-11(2,3)8-13-10-6-4-9(12)5-7-10/h4-7H,8H2,1-3H3. The first-order chi connectivity index (χ1) is 5.97. The SMILES string of the molecule is CC(C)(C)CSc1ccc(Br)cc1. The first-order valence-electron chi connectivity index (χ1n) is 4.36. The van der Waals surface area contributed by atoms with Gasteiger partial charge in [0.15, 0.2) is 0 Å². The molecule has 0 saturated carbocycles. The largest absolute Gasteiger partial charge is 0.126 e. The van der Waals surface area contributed by atoms with Gasteiger partial charge in [-0.3, -0.25) is 0 Å². The number of benzene rings is 1. The maximum absolute atomic E-state index is 3.43. The summed E-state index contributed by atoms with van der Waals surface area (Å²) in [6, 6.07) is 8.48. The fraction of sp³-hybridized carbons (Fsp3) is 0.455. The molecule has 0 nitrogen and oxygen atoms in total. The molecule has 1 aromatic carbocycles.